The van der Waals surface area contributed by atoms with E-state index in [0.717, 1.165) is 55.8 Å². The highest BCUT2D eigenvalue weighted by Gasteiger charge is 2.12. The Kier molecular flexibility index (Phi) is 12.0. The molecule has 1 N–H and O–H groups in total. The fraction of sp³-hybridized carbons (Fsp3) is 0.533. The summed E-state index contributed by atoms with van der Waals surface area (Å²) in [5, 5.41) is 4.18. The van der Waals surface area contributed by atoms with Gasteiger partial charge in [0.25, 0.3) is 5.89 Å². The molecule has 0 radical (unpaired) electrons. The Bertz CT molecular complexity index is 970. The number of unbranched alkanes of at least 4 members (excludes halogenated alkanes) is 8. The van der Waals surface area contributed by atoms with Gasteiger partial charge in [0.15, 0.2) is 5.82 Å². The summed E-state index contributed by atoms with van der Waals surface area (Å²) in [6.07, 6.45) is 13.4. The lowest BCUT2D eigenvalue weighted by Gasteiger charge is -2.18. The number of aromatic nitrogens is 2. The smallest absolute Gasteiger partial charge is 0.257 e. The average Bonchev–Trinajstić information content (AvgIpc) is 3.36. The first-order valence-electron chi connectivity index (χ1n) is 13.7. The molecule has 3 rings (SSSR count). The van der Waals surface area contributed by atoms with Gasteiger partial charge in [-0.25, -0.2) is 4.39 Å². The van der Waals surface area contributed by atoms with Gasteiger partial charge in [0, 0.05) is 24.0 Å². The third-order valence-electron chi connectivity index (χ3n) is 6.83. The van der Waals surface area contributed by atoms with Crippen molar-refractivity contribution < 1.29 is 13.8 Å². The molecule has 35 heavy (non-hydrogen) atoms. The highest BCUT2D eigenvalue weighted by molar-refractivity contribution is 5.53. The fourth-order valence-corrected chi connectivity index (χ4v) is 4.52. The predicted octanol–water partition coefficient (Wildman–Crippen LogP) is 6.60. The predicted molar refractivity (Wildman–Crippen MR) is 141 cm³/mol. The maximum Gasteiger partial charge on any atom is 0.257 e. The van der Waals surface area contributed by atoms with Crippen LogP contribution in [0.15, 0.2) is 53.1 Å². The number of rotatable bonds is 17. The van der Waals surface area contributed by atoms with Crippen LogP contribution >= 0.6 is 0 Å². The minimum Gasteiger partial charge on any atom is -0.334 e. The Morgan fingerprint density at radius 1 is 0.800 bits per heavy atom. The monoisotopic (exact) mass is 480 g/mol. The van der Waals surface area contributed by atoms with E-state index in [4.69, 9.17) is 4.52 Å². The Morgan fingerprint density at radius 2 is 1.49 bits per heavy atom. The van der Waals surface area contributed by atoms with E-state index in [9.17, 15) is 4.39 Å². The van der Waals surface area contributed by atoms with E-state index in [1.54, 1.807) is 12.1 Å². The summed E-state index contributed by atoms with van der Waals surface area (Å²) < 4.78 is 19.4. The van der Waals surface area contributed by atoms with Crippen LogP contribution in [0.1, 0.15) is 88.6 Å². The largest absolute Gasteiger partial charge is 0.334 e. The minimum absolute atomic E-state index is 0.107. The highest BCUT2D eigenvalue weighted by atomic mass is 19.1. The summed E-state index contributed by atoms with van der Waals surface area (Å²) in [5.41, 5.74) is 3.01. The number of nitrogens with zero attached hydrogens (tertiary/aromatic N) is 2. The first-order chi connectivity index (χ1) is 17.2. The topological polar surface area (TPSA) is 43.4 Å². The summed E-state index contributed by atoms with van der Waals surface area (Å²) in [5.74, 6) is 1.30. The van der Waals surface area contributed by atoms with Gasteiger partial charge in [0.1, 0.15) is 12.4 Å². The molecular weight excluding hydrogens is 437 g/mol. The fourth-order valence-electron chi connectivity index (χ4n) is 4.52. The van der Waals surface area contributed by atoms with E-state index in [1.165, 1.54) is 61.8 Å². The van der Waals surface area contributed by atoms with E-state index in [-0.39, 0.29) is 5.82 Å². The summed E-state index contributed by atoms with van der Waals surface area (Å²) in [7, 11) is 0. The second kappa shape index (κ2) is 15.5. The van der Waals surface area contributed by atoms with Crippen LogP contribution in [0.2, 0.25) is 0 Å². The van der Waals surface area contributed by atoms with Crippen molar-refractivity contribution >= 4 is 0 Å². The molecule has 0 saturated heterocycles. The lowest BCUT2D eigenvalue weighted by atomic mass is 10.1. The third-order valence-corrected chi connectivity index (χ3v) is 6.83. The second-order valence-corrected chi connectivity index (χ2v) is 9.66. The quantitative estimate of drug-likeness (QED) is 0.221. The molecular formula is C30H43FN3O+. The molecule has 3 aromatic rings. The van der Waals surface area contributed by atoms with Crippen molar-refractivity contribution in [1.29, 1.82) is 0 Å². The molecule has 190 valence electrons. The highest BCUT2D eigenvalue weighted by Crippen LogP contribution is 2.19. The molecule has 4 nitrogen and oxygen atoms in total. The van der Waals surface area contributed by atoms with Gasteiger partial charge < -0.3 is 9.42 Å². The Hall–Kier alpha value is -2.53. The lowest BCUT2D eigenvalue weighted by Crippen LogP contribution is -3.10. The van der Waals surface area contributed by atoms with Crippen molar-refractivity contribution in [3.8, 4) is 11.5 Å². The van der Waals surface area contributed by atoms with E-state index in [0.29, 0.717) is 5.89 Å². The summed E-state index contributed by atoms with van der Waals surface area (Å²) in [6, 6.07) is 15.5. The second-order valence-electron chi connectivity index (χ2n) is 9.66. The van der Waals surface area contributed by atoms with Crippen molar-refractivity contribution in [2.24, 2.45) is 0 Å². The van der Waals surface area contributed by atoms with E-state index < -0.39 is 0 Å². The van der Waals surface area contributed by atoms with E-state index in [2.05, 4.69) is 48.3 Å². The molecule has 0 aliphatic carbocycles. The van der Waals surface area contributed by atoms with Crippen LogP contribution in [0.4, 0.5) is 4.39 Å². The van der Waals surface area contributed by atoms with Crippen LogP contribution in [0.5, 0.6) is 0 Å². The van der Waals surface area contributed by atoms with Gasteiger partial charge in [-0.3, -0.25) is 0 Å². The van der Waals surface area contributed by atoms with Gasteiger partial charge in [-0.2, -0.15) is 4.98 Å². The molecule has 1 aromatic heterocycles. The number of hydrogen-bond donors (Lipinski definition) is 1. The third kappa shape index (κ3) is 9.56. The lowest BCUT2D eigenvalue weighted by molar-refractivity contribution is -0.911. The number of benzene rings is 2. The summed E-state index contributed by atoms with van der Waals surface area (Å²) >= 11 is 0. The number of hydrogen-bond acceptors (Lipinski definition) is 3. The average molecular weight is 481 g/mol. The minimum atomic E-state index is -0.107. The van der Waals surface area contributed by atoms with Crippen LogP contribution < -0.4 is 4.90 Å². The molecule has 0 aliphatic rings. The number of quaternary nitrogens is 1. The standard InChI is InChI=1S/C30H42FN3O/c1-3-5-6-7-8-9-10-11-12-17-29-32-30(35-33-29)27-20-18-25(19-21-27)24-34(4-2)23-22-26-15-13-14-16-28(26)31/h13-16,18-21H,3-12,17,22-24H2,1-2H3/p+1. The molecule has 0 fully saturated rings. The maximum absolute atomic E-state index is 13.9. The normalized spacial score (nSPS) is 12.2. The van der Waals surface area contributed by atoms with Gasteiger partial charge in [-0.05, 0) is 37.1 Å². The van der Waals surface area contributed by atoms with Crippen LogP contribution in [-0.2, 0) is 19.4 Å². The molecule has 5 heteroatoms. The van der Waals surface area contributed by atoms with E-state index >= 15 is 0 Å². The molecule has 0 aliphatic heterocycles. The molecule has 1 heterocycles. The SMILES string of the molecule is CCCCCCCCCCCc1noc(-c2ccc(C[NH+](CC)CCc3ccccc3F)cc2)n1. The Morgan fingerprint density at radius 3 is 2.17 bits per heavy atom. The number of nitrogens with one attached hydrogen (secondary N) is 1. The maximum atomic E-state index is 13.9. The first kappa shape index (κ1) is 27.1. The van der Waals surface area contributed by atoms with Gasteiger partial charge in [-0.1, -0.05) is 93.8 Å². The van der Waals surface area contributed by atoms with Crippen LogP contribution in [0, 0.1) is 5.82 Å². The summed E-state index contributed by atoms with van der Waals surface area (Å²) in [4.78, 5) is 6.04. The van der Waals surface area contributed by atoms with Crippen molar-refractivity contribution in [1.82, 2.24) is 10.1 Å². The molecule has 0 saturated carbocycles. The number of aryl methyl sites for hydroxylation is 1. The number of halogens is 1. The zero-order valence-electron chi connectivity index (χ0n) is 21.7. The zero-order chi connectivity index (χ0) is 24.7. The van der Waals surface area contributed by atoms with Crippen LogP contribution in [0.25, 0.3) is 11.5 Å². The van der Waals surface area contributed by atoms with Gasteiger partial charge in [0.2, 0.25) is 0 Å². The van der Waals surface area contributed by atoms with Crippen LogP contribution in [-0.4, -0.2) is 23.2 Å². The van der Waals surface area contributed by atoms with Crippen molar-refractivity contribution in [2.45, 2.75) is 91.0 Å². The van der Waals surface area contributed by atoms with Crippen molar-refractivity contribution in [2.75, 3.05) is 13.1 Å². The summed E-state index contributed by atoms with van der Waals surface area (Å²) in [6.45, 7) is 7.27. The van der Waals surface area contributed by atoms with Crippen LogP contribution in [0.3, 0.4) is 0 Å². The van der Waals surface area contributed by atoms with Gasteiger partial charge in [0.05, 0.1) is 13.1 Å². The molecule has 0 amide bonds. The van der Waals surface area contributed by atoms with Gasteiger partial charge >= 0.3 is 0 Å². The number of likely N-dealkylation sites (N-methyl/N-ethyl adjacent to an activating group) is 1. The van der Waals surface area contributed by atoms with Gasteiger partial charge in [-0.15, -0.1) is 0 Å². The Balaban J connectivity index is 1.39. The molecule has 1 unspecified atom stereocenters. The van der Waals surface area contributed by atoms with Crippen molar-refractivity contribution in [3.05, 3.63) is 71.3 Å². The van der Waals surface area contributed by atoms with E-state index in [1.807, 2.05) is 12.1 Å². The Labute approximate surface area is 210 Å². The molecule has 2 aromatic carbocycles. The first-order valence-corrected chi connectivity index (χ1v) is 13.7. The zero-order valence-corrected chi connectivity index (χ0v) is 21.7. The van der Waals surface area contributed by atoms with Crippen molar-refractivity contribution in [3.63, 3.8) is 0 Å². The molecule has 0 spiro atoms. The molecule has 0 bridgehead atoms. The molecule has 1 atom stereocenters.